The fraction of sp³-hybridized carbons (Fsp3) is 0.250. The minimum Gasteiger partial charge on any atom is -0.294 e. The number of halogens is 1. The monoisotopic (exact) mass is 384 g/mol. The summed E-state index contributed by atoms with van der Waals surface area (Å²) in [7, 11) is 0. The van der Waals surface area contributed by atoms with Crippen LogP contribution < -0.4 is 5.56 Å². The SMILES string of the molecule is O=C(CCSc1nc2ccccc2c(=O)n1C1CC1)c1ccc(Cl)cc1. The molecule has 0 radical (unpaired) electrons. The van der Waals surface area contributed by atoms with Gasteiger partial charge in [-0.1, -0.05) is 35.5 Å². The predicted octanol–water partition coefficient (Wildman–Crippen LogP) is 4.75. The highest BCUT2D eigenvalue weighted by Gasteiger charge is 2.28. The van der Waals surface area contributed by atoms with Crippen molar-refractivity contribution in [3.05, 3.63) is 69.5 Å². The molecule has 4 nitrogen and oxygen atoms in total. The number of fused-ring (bicyclic) bond motifs is 1. The van der Waals surface area contributed by atoms with Gasteiger partial charge in [0.15, 0.2) is 10.9 Å². The minimum atomic E-state index is 0.0182. The molecule has 4 rings (SSSR count). The molecule has 6 heteroatoms. The topological polar surface area (TPSA) is 52.0 Å². The highest BCUT2D eigenvalue weighted by atomic mass is 35.5. The van der Waals surface area contributed by atoms with Gasteiger partial charge < -0.3 is 0 Å². The number of carbonyl (C=O) groups is 1. The van der Waals surface area contributed by atoms with E-state index in [0.717, 1.165) is 12.8 Å². The fourth-order valence-electron chi connectivity index (χ4n) is 2.90. The number of rotatable bonds is 6. The molecule has 1 saturated carbocycles. The molecule has 2 aromatic carbocycles. The summed E-state index contributed by atoms with van der Waals surface area (Å²) in [5.74, 6) is 0.647. The largest absolute Gasteiger partial charge is 0.294 e. The van der Waals surface area contributed by atoms with E-state index in [1.54, 1.807) is 28.8 Å². The normalized spacial score (nSPS) is 13.9. The molecular formula is C20H17ClN2O2S. The van der Waals surface area contributed by atoms with Crippen LogP contribution in [0, 0.1) is 0 Å². The van der Waals surface area contributed by atoms with Gasteiger partial charge in [0, 0.05) is 28.8 Å². The maximum Gasteiger partial charge on any atom is 0.262 e. The molecule has 1 fully saturated rings. The van der Waals surface area contributed by atoms with Crippen LogP contribution >= 0.6 is 23.4 Å². The summed E-state index contributed by atoms with van der Waals surface area (Å²) in [5, 5.41) is 1.98. The van der Waals surface area contributed by atoms with E-state index in [9.17, 15) is 9.59 Å². The van der Waals surface area contributed by atoms with Crippen molar-refractivity contribution in [1.29, 1.82) is 0 Å². The van der Waals surface area contributed by atoms with Crippen LogP contribution in [0.15, 0.2) is 58.5 Å². The molecule has 0 N–H and O–H groups in total. The molecule has 0 atom stereocenters. The first kappa shape index (κ1) is 17.3. The van der Waals surface area contributed by atoms with Gasteiger partial charge in [-0.3, -0.25) is 14.2 Å². The van der Waals surface area contributed by atoms with Crippen molar-refractivity contribution < 1.29 is 4.79 Å². The van der Waals surface area contributed by atoms with Gasteiger partial charge in [0.2, 0.25) is 0 Å². The van der Waals surface area contributed by atoms with E-state index >= 15 is 0 Å². The Kier molecular flexibility index (Phi) is 4.83. The van der Waals surface area contributed by atoms with Crippen LogP contribution in [-0.2, 0) is 0 Å². The average Bonchev–Trinajstić information content (AvgIpc) is 3.47. The molecule has 0 spiro atoms. The Labute approximate surface area is 160 Å². The number of hydrogen-bond donors (Lipinski definition) is 0. The minimum absolute atomic E-state index is 0.0182. The molecule has 0 aliphatic heterocycles. The van der Waals surface area contributed by atoms with E-state index in [1.165, 1.54) is 11.8 Å². The lowest BCUT2D eigenvalue weighted by Gasteiger charge is -2.12. The molecule has 26 heavy (non-hydrogen) atoms. The van der Waals surface area contributed by atoms with Crippen LogP contribution in [0.3, 0.4) is 0 Å². The lowest BCUT2D eigenvalue weighted by Crippen LogP contribution is -2.22. The highest BCUT2D eigenvalue weighted by molar-refractivity contribution is 7.99. The summed E-state index contributed by atoms with van der Waals surface area (Å²) < 4.78 is 1.81. The summed E-state index contributed by atoms with van der Waals surface area (Å²) >= 11 is 7.34. The summed E-state index contributed by atoms with van der Waals surface area (Å²) in [6, 6.07) is 14.6. The lowest BCUT2D eigenvalue weighted by molar-refractivity contribution is 0.0989. The second-order valence-electron chi connectivity index (χ2n) is 6.35. The number of carbonyl (C=O) groups excluding carboxylic acids is 1. The van der Waals surface area contributed by atoms with Gasteiger partial charge in [0.25, 0.3) is 5.56 Å². The van der Waals surface area contributed by atoms with Crippen LogP contribution in [0.4, 0.5) is 0 Å². The van der Waals surface area contributed by atoms with Crippen molar-refractivity contribution in [3.63, 3.8) is 0 Å². The molecule has 1 heterocycles. The van der Waals surface area contributed by atoms with E-state index in [-0.39, 0.29) is 17.4 Å². The van der Waals surface area contributed by atoms with E-state index in [0.29, 0.717) is 38.8 Å². The zero-order chi connectivity index (χ0) is 18.1. The molecule has 1 aliphatic carbocycles. The van der Waals surface area contributed by atoms with Crippen molar-refractivity contribution in [1.82, 2.24) is 9.55 Å². The maximum absolute atomic E-state index is 12.8. The van der Waals surface area contributed by atoms with Crippen LogP contribution in [0.25, 0.3) is 10.9 Å². The summed E-state index contributed by atoms with van der Waals surface area (Å²) in [6.07, 6.45) is 2.41. The second-order valence-corrected chi connectivity index (χ2v) is 7.84. The second kappa shape index (κ2) is 7.25. The Morgan fingerprint density at radius 2 is 1.88 bits per heavy atom. The Bertz CT molecular complexity index is 1030. The Morgan fingerprint density at radius 3 is 2.62 bits per heavy atom. The van der Waals surface area contributed by atoms with Crippen LogP contribution in [0.2, 0.25) is 5.02 Å². The van der Waals surface area contributed by atoms with E-state index in [1.807, 2.05) is 24.3 Å². The Hall–Kier alpha value is -2.11. The van der Waals surface area contributed by atoms with Crippen molar-refractivity contribution >= 4 is 40.0 Å². The smallest absolute Gasteiger partial charge is 0.262 e. The first-order valence-corrected chi connectivity index (χ1v) is 9.92. The van der Waals surface area contributed by atoms with Crippen LogP contribution in [0.5, 0.6) is 0 Å². The average molecular weight is 385 g/mol. The number of benzene rings is 2. The lowest BCUT2D eigenvalue weighted by atomic mass is 10.1. The van der Waals surface area contributed by atoms with Gasteiger partial charge in [0.05, 0.1) is 10.9 Å². The van der Waals surface area contributed by atoms with E-state index in [2.05, 4.69) is 4.98 Å². The highest BCUT2D eigenvalue weighted by Crippen LogP contribution is 2.37. The molecule has 0 bridgehead atoms. The molecular weight excluding hydrogens is 368 g/mol. The maximum atomic E-state index is 12.8. The van der Waals surface area contributed by atoms with Crippen molar-refractivity contribution in [3.8, 4) is 0 Å². The van der Waals surface area contributed by atoms with E-state index in [4.69, 9.17) is 11.6 Å². The van der Waals surface area contributed by atoms with Crippen molar-refractivity contribution in [2.45, 2.75) is 30.5 Å². The molecule has 132 valence electrons. The fourth-order valence-corrected chi connectivity index (χ4v) is 4.03. The summed E-state index contributed by atoms with van der Waals surface area (Å²) in [4.78, 5) is 29.8. The van der Waals surface area contributed by atoms with Gasteiger partial charge in [-0.15, -0.1) is 0 Å². The molecule has 0 saturated heterocycles. The van der Waals surface area contributed by atoms with E-state index < -0.39 is 0 Å². The Balaban J connectivity index is 1.53. The molecule has 0 unspecified atom stereocenters. The number of nitrogens with zero attached hydrogens (tertiary/aromatic N) is 2. The predicted molar refractivity (Wildman–Crippen MR) is 105 cm³/mol. The molecule has 3 aromatic rings. The number of thioether (sulfide) groups is 1. The number of hydrogen-bond acceptors (Lipinski definition) is 4. The van der Waals surface area contributed by atoms with Crippen molar-refractivity contribution in [2.24, 2.45) is 0 Å². The molecule has 0 amide bonds. The zero-order valence-corrected chi connectivity index (χ0v) is 15.6. The van der Waals surface area contributed by atoms with Crippen LogP contribution in [-0.4, -0.2) is 21.1 Å². The standard InChI is InChI=1S/C20H17ClN2O2S/c21-14-7-5-13(6-8-14)18(24)11-12-26-20-22-17-4-2-1-3-16(17)19(25)23(20)15-9-10-15/h1-8,15H,9-12H2. The van der Waals surface area contributed by atoms with Crippen LogP contribution in [0.1, 0.15) is 35.7 Å². The quantitative estimate of drug-likeness (QED) is 0.349. The third-order valence-corrected chi connectivity index (χ3v) is 5.62. The zero-order valence-electron chi connectivity index (χ0n) is 14.0. The van der Waals surface area contributed by atoms with Gasteiger partial charge in [-0.2, -0.15) is 0 Å². The number of para-hydroxylation sites is 1. The number of Topliss-reactive ketones (excluding diaryl/α,β-unsaturated/α-hetero) is 1. The molecule has 1 aliphatic rings. The first-order chi connectivity index (χ1) is 12.6. The van der Waals surface area contributed by atoms with Gasteiger partial charge in [0.1, 0.15) is 0 Å². The number of aromatic nitrogens is 2. The molecule has 1 aromatic heterocycles. The van der Waals surface area contributed by atoms with Gasteiger partial charge >= 0.3 is 0 Å². The third-order valence-electron chi connectivity index (χ3n) is 4.41. The summed E-state index contributed by atoms with van der Waals surface area (Å²) in [5.41, 5.74) is 1.38. The Morgan fingerprint density at radius 1 is 1.15 bits per heavy atom. The number of ketones is 1. The first-order valence-electron chi connectivity index (χ1n) is 8.56. The van der Waals surface area contributed by atoms with Crippen molar-refractivity contribution in [2.75, 3.05) is 5.75 Å². The third kappa shape index (κ3) is 3.55. The summed E-state index contributed by atoms with van der Waals surface area (Å²) in [6.45, 7) is 0. The van der Waals surface area contributed by atoms with Gasteiger partial charge in [-0.05, 0) is 49.2 Å². The van der Waals surface area contributed by atoms with Gasteiger partial charge in [-0.25, -0.2) is 4.98 Å².